The molecule has 0 fully saturated rings. The van der Waals surface area contributed by atoms with Gasteiger partial charge in [0.05, 0.1) is 26.4 Å². The Kier molecular flexibility index (Phi) is 60.3. The number of hydrogen-bond acceptors (Lipinski definition) is 15. The molecule has 4 unspecified atom stereocenters. The normalized spacial score (nSPS) is 14.8. The van der Waals surface area contributed by atoms with Crippen LogP contribution in [-0.4, -0.2) is 96.7 Å². The average Bonchev–Trinajstić information content (AvgIpc) is 2.91. The van der Waals surface area contributed by atoms with Crippen molar-refractivity contribution in [2.45, 2.75) is 375 Å². The van der Waals surface area contributed by atoms with Crippen LogP contribution >= 0.6 is 15.6 Å². The zero-order valence-corrected chi connectivity index (χ0v) is 61.3. The van der Waals surface area contributed by atoms with Crippen molar-refractivity contribution in [3.63, 3.8) is 0 Å². The Morgan fingerprint density at radius 1 is 0.308 bits per heavy atom. The summed E-state index contributed by atoms with van der Waals surface area (Å²) in [5, 5.41) is 10.6. The Labute approximate surface area is 556 Å². The molecule has 0 amide bonds. The third kappa shape index (κ3) is 63.9. The van der Waals surface area contributed by atoms with Crippen LogP contribution in [0.2, 0.25) is 0 Å². The summed E-state index contributed by atoms with van der Waals surface area (Å²) in [7, 11) is -9.90. The number of carbonyl (C=O) groups excluding carboxylic acids is 4. The van der Waals surface area contributed by atoms with E-state index in [9.17, 15) is 43.2 Å². The quantitative estimate of drug-likeness (QED) is 0.0222. The maximum Gasteiger partial charge on any atom is 0.472 e. The summed E-state index contributed by atoms with van der Waals surface area (Å²) < 4.78 is 68.3. The predicted molar refractivity (Wildman–Crippen MR) is 367 cm³/mol. The summed E-state index contributed by atoms with van der Waals surface area (Å²) in [5.74, 6) is 0.879. The van der Waals surface area contributed by atoms with Gasteiger partial charge in [0.15, 0.2) is 12.2 Å². The molecule has 17 nitrogen and oxygen atoms in total. The van der Waals surface area contributed by atoms with Crippen molar-refractivity contribution in [1.29, 1.82) is 0 Å². The predicted octanol–water partition coefficient (Wildman–Crippen LogP) is 20.5. The lowest BCUT2D eigenvalue weighted by molar-refractivity contribution is -0.161. The molecule has 0 radical (unpaired) electrons. The van der Waals surface area contributed by atoms with Gasteiger partial charge in [-0.05, 0) is 49.4 Å². The van der Waals surface area contributed by atoms with Crippen molar-refractivity contribution in [3.05, 3.63) is 0 Å². The van der Waals surface area contributed by atoms with Gasteiger partial charge >= 0.3 is 39.5 Å². The summed E-state index contributed by atoms with van der Waals surface area (Å²) in [6.07, 6.45) is 44.6. The van der Waals surface area contributed by atoms with Gasteiger partial charge in [-0.2, -0.15) is 0 Å². The molecule has 0 aliphatic carbocycles. The SMILES string of the molecule is CCC(C)CCCCCCCCC(=O)OC[C@H](COP(=O)(O)OC[C@H](O)COP(=O)(O)OC[C@@H](COC(=O)CCCCCCCCCCCCCCCCCC(C)C)OC(=O)CCCCCCCCCCCCC(C)C)OC(=O)CCCCCCCCC(C)CC. The standard InChI is InChI=1S/C72H140O17P2/c1-9-64(7)50-42-34-28-30-37-45-53-70(75)83-59-68(89-72(77)55-47-39-31-29-35-43-51-65(8)10-2)61-87-91(80,81)85-57-66(73)56-84-90(78,79)86-60-67(88-71(76)54-46-38-27-23-19-18-21-25-33-41-49-63(5)6)58-82-69(74)52-44-36-26-22-17-15-13-11-12-14-16-20-24-32-40-48-62(3)4/h62-68,73H,9-61H2,1-8H3,(H,78,79)(H,80,81)/t64?,65?,66-,67-,68-/m1/s1. The lowest BCUT2D eigenvalue weighted by Gasteiger charge is -2.21. The third-order valence-corrected chi connectivity index (χ3v) is 19.2. The van der Waals surface area contributed by atoms with Crippen molar-refractivity contribution < 1.29 is 80.2 Å². The summed E-state index contributed by atoms with van der Waals surface area (Å²) >= 11 is 0. The van der Waals surface area contributed by atoms with Crippen molar-refractivity contribution in [3.8, 4) is 0 Å². The van der Waals surface area contributed by atoms with Gasteiger partial charge < -0.3 is 33.8 Å². The molecule has 0 aromatic carbocycles. The summed E-state index contributed by atoms with van der Waals surface area (Å²) in [6.45, 7) is 14.1. The highest BCUT2D eigenvalue weighted by Crippen LogP contribution is 2.45. The highest BCUT2D eigenvalue weighted by molar-refractivity contribution is 7.47. The molecule has 0 saturated carbocycles. The number of phosphoric acid groups is 2. The Hall–Kier alpha value is -1.94. The molecule has 7 atom stereocenters. The molecule has 540 valence electrons. The molecular formula is C72H140O17P2. The van der Waals surface area contributed by atoms with Gasteiger partial charge in [0.2, 0.25) is 0 Å². The van der Waals surface area contributed by atoms with Gasteiger partial charge in [-0.15, -0.1) is 0 Å². The lowest BCUT2D eigenvalue weighted by atomic mass is 10.00. The van der Waals surface area contributed by atoms with Crippen molar-refractivity contribution >= 4 is 39.5 Å². The second-order valence-electron chi connectivity index (χ2n) is 27.4. The number of phosphoric ester groups is 2. The average molecular weight is 1340 g/mol. The fraction of sp³-hybridized carbons (Fsp3) is 0.944. The van der Waals surface area contributed by atoms with Crippen LogP contribution in [0.15, 0.2) is 0 Å². The van der Waals surface area contributed by atoms with Gasteiger partial charge in [-0.25, -0.2) is 9.13 Å². The molecule has 0 aliphatic heterocycles. The smallest absolute Gasteiger partial charge is 0.462 e. The van der Waals surface area contributed by atoms with E-state index in [0.717, 1.165) is 120 Å². The Balaban J connectivity index is 5.22. The Morgan fingerprint density at radius 3 is 0.780 bits per heavy atom. The van der Waals surface area contributed by atoms with Crippen LogP contribution in [0.25, 0.3) is 0 Å². The maximum atomic E-state index is 13.0. The van der Waals surface area contributed by atoms with Crippen LogP contribution in [0.5, 0.6) is 0 Å². The maximum absolute atomic E-state index is 13.0. The highest BCUT2D eigenvalue weighted by atomic mass is 31.2. The van der Waals surface area contributed by atoms with E-state index in [1.54, 1.807) is 0 Å². The van der Waals surface area contributed by atoms with E-state index in [-0.39, 0.29) is 25.7 Å². The van der Waals surface area contributed by atoms with Crippen LogP contribution in [0.3, 0.4) is 0 Å². The Bertz CT molecular complexity index is 1800. The third-order valence-electron chi connectivity index (χ3n) is 17.3. The molecule has 0 rings (SSSR count). The number of aliphatic hydroxyl groups excluding tert-OH is 1. The molecule has 91 heavy (non-hydrogen) atoms. The zero-order valence-electron chi connectivity index (χ0n) is 59.5. The van der Waals surface area contributed by atoms with Crippen LogP contribution in [0.4, 0.5) is 0 Å². The molecular weight excluding hydrogens is 1200 g/mol. The second-order valence-corrected chi connectivity index (χ2v) is 30.3. The Morgan fingerprint density at radius 2 is 0.527 bits per heavy atom. The molecule has 3 N–H and O–H groups in total. The van der Waals surface area contributed by atoms with E-state index in [1.165, 1.54) is 154 Å². The molecule has 0 aliphatic rings. The first-order chi connectivity index (χ1) is 43.7. The van der Waals surface area contributed by atoms with Crippen LogP contribution in [0.1, 0.15) is 357 Å². The number of aliphatic hydroxyl groups is 1. The number of hydrogen-bond donors (Lipinski definition) is 3. The van der Waals surface area contributed by atoms with Gasteiger partial charge in [-0.3, -0.25) is 37.3 Å². The molecule has 0 saturated heterocycles. The van der Waals surface area contributed by atoms with Crippen molar-refractivity contribution in [2.24, 2.45) is 23.7 Å². The first kappa shape index (κ1) is 89.1. The first-order valence-electron chi connectivity index (χ1n) is 37.3. The topological polar surface area (TPSA) is 237 Å². The van der Waals surface area contributed by atoms with Gasteiger partial charge in [0, 0.05) is 25.7 Å². The summed E-state index contributed by atoms with van der Waals surface area (Å²) in [4.78, 5) is 72.6. The fourth-order valence-corrected chi connectivity index (χ4v) is 12.4. The second kappa shape index (κ2) is 61.6. The lowest BCUT2D eigenvalue weighted by Crippen LogP contribution is -2.30. The number of ether oxygens (including phenoxy) is 4. The number of rotatable bonds is 69. The van der Waals surface area contributed by atoms with E-state index < -0.39 is 97.5 Å². The van der Waals surface area contributed by atoms with Crippen LogP contribution in [0, 0.1) is 23.7 Å². The van der Waals surface area contributed by atoms with Crippen molar-refractivity contribution in [2.75, 3.05) is 39.6 Å². The van der Waals surface area contributed by atoms with Crippen LogP contribution < -0.4 is 0 Å². The first-order valence-corrected chi connectivity index (χ1v) is 40.3. The van der Waals surface area contributed by atoms with Gasteiger partial charge in [-0.1, -0.05) is 306 Å². The molecule has 0 heterocycles. The van der Waals surface area contributed by atoms with E-state index in [1.807, 2.05) is 0 Å². The number of carbonyl (C=O) groups is 4. The number of unbranched alkanes of at least 4 members (excludes halogenated alkanes) is 33. The molecule has 0 aromatic rings. The minimum Gasteiger partial charge on any atom is -0.462 e. The molecule has 0 aromatic heterocycles. The summed E-state index contributed by atoms with van der Waals surface area (Å²) in [5.41, 5.74) is 0. The van der Waals surface area contributed by atoms with E-state index in [0.29, 0.717) is 25.7 Å². The zero-order chi connectivity index (χ0) is 67.5. The largest absolute Gasteiger partial charge is 0.472 e. The number of esters is 4. The van der Waals surface area contributed by atoms with Crippen LogP contribution in [-0.2, 0) is 65.4 Å². The van der Waals surface area contributed by atoms with Crippen molar-refractivity contribution in [1.82, 2.24) is 0 Å². The minimum absolute atomic E-state index is 0.102. The molecule has 0 bridgehead atoms. The monoisotopic (exact) mass is 1340 g/mol. The van der Waals surface area contributed by atoms with E-state index in [4.69, 9.17) is 37.0 Å². The molecule has 0 spiro atoms. The van der Waals surface area contributed by atoms with Gasteiger partial charge in [0.25, 0.3) is 0 Å². The molecule has 19 heteroatoms. The highest BCUT2D eigenvalue weighted by Gasteiger charge is 2.30. The summed E-state index contributed by atoms with van der Waals surface area (Å²) in [6, 6.07) is 0. The minimum atomic E-state index is -4.95. The van der Waals surface area contributed by atoms with Gasteiger partial charge in [0.1, 0.15) is 19.3 Å². The van der Waals surface area contributed by atoms with E-state index in [2.05, 4.69) is 55.4 Å². The fourth-order valence-electron chi connectivity index (χ4n) is 10.8. The van der Waals surface area contributed by atoms with E-state index >= 15 is 0 Å².